The Kier molecular flexibility index (Phi) is 7.42. The number of nitrogen functional groups attached to an aromatic ring is 1. The Morgan fingerprint density at radius 3 is 2.71 bits per heavy atom. The van der Waals surface area contributed by atoms with Crippen LogP contribution in [0.2, 0.25) is 0 Å². The Hall–Kier alpha value is -3.36. The molecule has 0 spiro atoms. The van der Waals surface area contributed by atoms with E-state index in [0.29, 0.717) is 16.9 Å². The number of rotatable bonds is 8. The van der Waals surface area contributed by atoms with Crippen LogP contribution in [0.4, 0.5) is 5.13 Å². The van der Waals surface area contributed by atoms with Crippen LogP contribution in [0, 0.1) is 0 Å². The second-order valence-electron chi connectivity index (χ2n) is 7.25. The quantitative estimate of drug-likeness (QED) is 0.256. The molecule has 11 nitrogen and oxygen atoms in total. The third-order valence-electron chi connectivity index (χ3n) is 5.09. The fraction of sp³-hybridized carbons (Fsp3) is 0.238. The van der Waals surface area contributed by atoms with E-state index in [1.807, 2.05) is 0 Å². The van der Waals surface area contributed by atoms with Gasteiger partial charge in [-0.1, -0.05) is 47.2 Å². The number of nitrogens with one attached hydrogen (secondary N) is 1. The molecule has 0 saturated carbocycles. The lowest BCUT2D eigenvalue weighted by Crippen LogP contribution is -2.71. The van der Waals surface area contributed by atoms with Gasteiger partial charge in [0.1, 0.15) is 29.9 Å². The van der Waals surface area contributed by atoms with E-state index in [2.05, 4.69) is 15.5 Å². The molecule has 1 aromatic carbocycles. The molecule has 0 bridgehead atoms. The molecule has 0 aliphatic carbocycles. The number of hydrogen-bond acceptors (Lipinski definition) is 11. The minimum atomic E-state index is -1.27. The average molecular weight is 534 g/mol. The van der Waals surface area contributed by atoms with Gasteiger partial charge >= 0.3 is 5.97 Å². The summed E-state index contributed by atoms with van der Waals surface area (Å²) in [5.41, 5.74) is 6.48. The highest BCUT2D eigenvalue weighted by atomic mass is 32.2. The summed E-state index contributed by atoms with van der Waals surface area (Å²) in [7, 11) is 1.27. The highest BCUT2D eigenvalue weighted by Crippen LogP contribution is 2.41. The molecular weight excluding hydrogens is 514 g/mol. The second kappa shape index (κ2) is 10.5. The van der Waals surface area contributed by atoms with Gasteiger partial charge in [0.25, 0.3) is 11.8 Å². The summed E-state index contributed by atoms with van der Waals surface area (Å²) in [6, 6.07) is 7.69. The largest absolute Gasteiger partial charge is 0.477 e. The first-order chi connectivity index (χ1) is 16.8. The number of aromatic nitrogens is 1. The molecule has 3 heterocycles. The molecule has 1 saturated heterocycles. The number of fused-ring (bicyclic) bond motifs is 1. The number of amides is 2. The molecule has 0 radical (unpaired) electrons. The average Bonchev–Trinajstić information content (AvgIpc) is 3.29. The van der Waals surface area contributed by atoms with Crippen molar-refractivity contribution in [1.29, 1.82) is 0 Å². The zero-order valence-electron chi connectivity index (χ0n) is 18.2. The Bertz CT molecular complexity index is 1250. The smallest absolute Gasteiger partial charge is 0.352 e. The van der Waals surface area contributed by atoms with E-state index >= 15 is 0 Å². The Morgan fingerprint density at radius 1 is 1.34 bits per heavy atom. The number of benzene rings is 1. The predicted octanol–water partition coefficient (Wildman–Crippen LogP) is 1.39. The van der Waals surface area contributed by atoms with Gasteiger partial charge in [0.2, 0.25) is 5.12 Å². The molecular formula is C21H19N5O6S3. The van der Waals surface area contributed by atoms with Gasteiger partial charge in [0, 0.05) is 22.4 Å². The number of hydrogen-bond donors (Lipinski definition) is 3. The first-order valence-corrected chi connectivity index (χ1v) is 13.0. The second-order valence-corrected chi connectivity index (χ2v) is 10.2. The van der Waals surface area contributed by atoms with Crippen LogP contribution in [0.25, 0.3) is 0 Å². The highest BCUT2D eigenvalue weighted by molar-refractivity contribution is 8.14. The molecule has 1 aromatic heterocycles. The topological polar surface area (TPSA) is 164 Å². The van der Waals surface area contributed by atoms with Crippen LogP contribution in [-0.2, 0) is 19.2 Å². The number of carboxylic acid groups (broad SMARTS) is 1. The van der Waals surface area contributed by atoms with Crippen molar-refractivity contribution in [2.45, 2.75) is 11.4 Å². The lowest BCUT2D eigenvalue weighted by atomic mass is 10.0. The molecule has 182 valence electrons. The summed E-state index contributed by atoms with van der Waals surface area (Å²) in [4.78, 5) is 60.0. The molecule has 2 aliphatic rings. The van der Waals surface area contributed by atoms with Crippen molar-refractivity contribution in [3.8, 4) is 0 Å². The van der Waals surface area contributed by atoms with Gasteiger partial charge in [-0.3, -0.25) is 19.3 Å². The molecule has 4 N–H and O–H groups in total. The van der Waals surface area contributed by atoms with Crippen molar-refractivity contribution in [1.82, 2.24) is 15.2 Å². The van der Waals surface area contributed by atoms with Crippen molar-refractivity contribution in [3.05, 3.63) is 58.2 Å². The maximum atomic E-state index is 12.9. The summed E-state index contributed by atoms with van der Waals surface area (Å²) in [6.45, 7) is 0. The van der Waals surface area contributed by atoms with Crippen LogP contribution in [0.3, 0.4) is 0 Å². The van der Waals surface area contributed by atoms with E-state index in [9.17, 15) is 24.3 Å². The van der Waals surface area contributed by atoms with Crippen LogP contribution < -0.4 is 11.1 Å². The van der Waals surface area contributed by atoms with E-state index < -0.39 is 29.2 Å². The summed E-state index contributed by atoms with van der Waals surface area (Å²) >= 11 is 3.40. The number of nitrogens with two attached hydrogens (primary N) is 1. The third-order valence-corrected chi connectivity index (χ3v) is 8.09. The Morgan fingerprint density at radius 2 is 2.09 bits per heavy atom. The molecule has 35 heavy (non-hydrogen) atoms. The van der Waals surface area contributed by atoms with Crippen LogP contribution >= 0.6 is 34.9 Å². The molecule has 2 amide bonds. The standard InChI is InChI=1S/C21H19N5O6S3/c1-32-25-13(12-9-35-21(22)23-12)16(27)24-14-17(28)26-15(19(29)30)11(7-33-18(14)26)8-34-20(31)10-5-3-2-4-6-10/h2-6,9,14,18H,7-8H2,1H3,(H2,22,23)(H,24,27)(H,29,30)/b25-13-/t14-,18-/m1/s1. The number of thiazole rings is 1. The monoisotopic (exact) mass is 533 g/mol. The van der Waals surface area contributed by atoms with Gasteiger partial charge in [-0.25, -0.2) is 9.78 Å². The van der Waals surface area contributed by atoms with Crippen molar-refractivity contribution >= 4 is 68.6 Å². The van der Waals surface area contributed by atoms with Crippen LogP contribution in [-0.4, -0.2) is 73.6 Å². The summed E-state index contributed by atoms with van der Waals surface area (Å²) in [5.74, 6) is -2.12. The molecule has 2 atom stereocenters. The number of β-lactam (4-membered cyclic amide) rings is 1. The fourth-order valence-corrected chi connectivity index (χ4v) is 6.38. The summed E-state index contributed by atoms with van der Waals surface area (Å²) < 4.78 is 0. The first-order valence-electron chi connectivity index (χ1n) is 10.1. The van der Waals surface area contributed by atoms with Crippen LogP contribution in [0.15, 0.2) is 52.1 Å². The molecule has 1 fully saturated rings. The van der Waals surface area contributed by atoms with Gasteiger partial charge in [-0.05, 0) is 5.57 Å². The summed E-state index contributed by atoms with van der Waals surface area (Å²) in [6.07, 6.45) is 0. The normalized spacial score (nSPS) is 19.6. The van der Waals surface area contributed by atoms with Gasteiger partial charge in [0.05, 0.1) is 0 Å². The molecule has 14 heteroatoms. The lowest BCUT2D eigenvalue weighted by Gasteiger charge is -2.49. The van der Waals surface area contributed by atoms with Crippen molar-refractivity contribution in [2.75, 3.05) is 24.3 Å². The first kappa shape index (κ1) is 24.8. The lowest BCUT2D eigenvalue weighted by molar-refractivity contribution is -0.150. The molecule has 4 rings (SSSR count). The van der Waals surface area contributed by atoms with E-state index in [-0.39, 0.29) is 33.1 Å². The summed E-state index contributed by atoms with van der Waals surface area (Å²) in [5, 5.41) is 17.1. The predicted molar refractivity (Wildman–Crippen MR) is 133 cm³/mol. The Labute approximate surface area is 211 Å². The van der Waals surface area contributed by atoms with Crippen molar-refractivity contribution < 1.29 is 29.1 Å². The number of carbonyl (C=O) groups excluding carboxylic acids is 3. The fourth-order valence-electron chi connectivity index (χ4n) is 3.51. The van der Waals surface area contributed by atoms with Gasteiger partial charge in [0.15, 0.2) is 10.8 Å². The number of thioether (sulfide) groups is 2. The SMILES string of the molecule is CO/N=C(\C(=O)N[C@@H]1C(=O)N2C(C(=O)O)=C(CSC(=O)c3ccccc3)CS[C@H]12)c1csc(N)n1. The van der Waals surface area contributed by atoms with Crippen molar-refractivity contribution in [3.63, 3.8) is 0 Å². The van der Waals surface area contributed by atoms with Crippen LogP contribution in [0.5, 0.6) is 0 Å². The van der Waals surface area contributed by atoms with Crippen molar-refractivity contribution in [2.24, 2.45) is 5.16 Å². The number of nitrogens with zero attached hydrogens (tertiary/aromatic N) is 3. The molecule has 2 aliphatic heterocycles. The zero-order chi connectivity index (χ0) is 25.1. The highest BCUT2D eigenvalue weighted by Gasteiger charge is 2.54. The van der Waals surface area contributed by atoms with Gasteiger partial charge in [-0.2, -0.15) is 0 Å². The minimum Gasteiger partial charge on any atom is -0.477 e. The van der Waals surface area contributed by atoms with Gasteiger partial charge in [-0.15, -0.1) is 23.1 Å². The minimum absolute atomic E-state index is 0.131. The molecule has 0 unspecified atom stereocenters. The number of aliphatic carboxylic acids is 1. The molecule has 2 aromatic rings. The van der Waals surface area contributed by atoms with E-state index in [1.165, 1.54) is 24.3 Å². The van der Waals surface area contributed by atoms with E-state index in [0.717, 1.165) is 28.0 Å². The number of carboxylic acids is 1. The van der Waals surface area contributed by atoms with Crippen LogP contribution in [0.1, 0.15) is 16.1 Å². The third kappa shape index (κ3) is 5.04. The van der Waals surface area contributed by atoms with Gasteiger partial charge < -0.3 is 21.0 Å². The zero-order valence-corrected chi connectivity index (χ0v) is 20.6. The number of carbonyl (C=O) groups is 4. The number of oxime groups is 1. The maximum absolute atomic E-state index is 12.9. The Balaban J connectivity index is 1.47. The maximum Gasteiger partial charge on any atom is 0.352 e. The number of anilines is 1. The van der Waals surface area contributed by atoms with E-state index in [4.69, 9.17) is 10.6 Å². The van der Waals surface area contributed by atoms with E-state index in [1.54, 1.807) is 30.3 Å².